The highest BCUT2D eigenvalue weighted by molar-refractivity contribution is 6.09. The Morgan fingerprint density at radius 2 is 1.90 bits per heavy atom. The molecule has 3 amide bonds. The Balaban J connectivity index is 1.34. The molecule has 1 saturated heterocycles. The van der Waals surface area contributed by atoms with Crippen LogP contribution in [0.1, 0.15) is 66.9 Å². The van der Waals surface area contributed by atoms with Gasteiger partial charge in [0.1, 0.15) is 12.1 Å². The lowest BCUT2D eigenvalue weighted by Crippen LogP contribution is -2.54. The van der Waals surface area contributed by atoms with E-state index in [1.165, 1.54) is 17.5 Å². The second kappa shape index (κ2) is 8.20. The molecule has 3 aliphatic rings. The van der Waals surface area contributed by atoms with Gasteiger partial charge in [-0.15, -0.1) is 0 Å². The first-order chi connectivity index (χ1) is 14.4. The SMILES string of the molecule is C[C@@H]1CCCC[C@@]12NC(=O)N(CC(=O)OCC(=O)c1ccc3c(c1)CCCC3)C2=O. The predicted octanol–water partition coefficient (Wildman–Crippen LogP) is 2.79. The number of rotatable bonds is 5. The van der Waals surface area contributed by atoms with Crippen molar-refractivity contribution in [3.05, 3.63) is 34.9 Å². The lowest BCUT2D eigenvalue weighted by Gasteiger charge is -2.36. The minimum atomic E-state index is -0.908. The van der Waals surface area contributed by atoms with Gasteiger partial charge in [0.25, 0.3) is 5.91 Å². The lowest BCUT2D eigenvalue weighted by molar-refractivity contribution is -0.147. The zero-order valence-corrected chi connectivity index (χ0v) is 17.4. The first-order valence-electron chi connectivity index (χ1n) is 10.9. The number of nitrogens with one attached hydrogen (secondary N) is 1. The Morgan fingerprint density at radius 1 is 1.13 bits per heavy atom. The number of ketones is 1. The van der Waals surface area contributed by atoms with Crippen LogP contribution in [0.4, 0.5) is 4.79 Å². The molecular weight excluding hydrogens is 384 g/mol. The van der Waals surface area contributed by atoms with Crippen molar-refractivity contribution in [3.63, 3.8) is 0 Å². The summed E-state index contributed by atoms with van der Waals surface area (Å²) in [4.78, 5) is 50.9. The molecule has 0 bridgehead atoms. The van der Waals surface area contributed by atoms with Crippen molar-refractivity contribution in [2.45, 2.75) is 63.8 Å². The second-order valence-electron chi connectivity index (χ2n) is 8.71. The largest absolute Gasteiger partial charge is 0.456 e. The quantitative estimate of drug-likeness (QED) is 0.456. The van der Waals surface area contributed by atoms with E-state index in [9.17, 15) is 19.2 Å². The number of fused-ring (bicyclic) bond motifs is 1. The van der Waals surface area contributed by atoms with E-state index in [1.54, 1.807) is 6.07 Å². The number of imide groups is 1. The van der Waals surface area contributed by atoms with Gasteiger partial charge < -0.3 is 10.1 Å². The fraction of sp³-hybridized carbons (Fsp3) is 0.565. The third-order valence-electron chi connectivity index (χ3n) is 6.82. The lowest BCUT2D eigenvalue weighted by atomic mass is 9.73. The van der Waals surface area contributed by atoms with Crippen molar-refractivity contribution in [1.29, 1.82) is 0 Å². The van der Waals surface area contributed by atoms with Gasteiger partial charge in [0.2, 0.25) is 0 Å². The Hall–Kier alpha value is -2.70. The van der Waals surface area contributed by atoms with Crippen LogP contribution in [-0.2, 0) is 27.2 Å². The van der Waals surface area contributed by atoms with Crippen LogP contribution in [0.25, 0.3) is 0 Å². The summed E-state index contributed by atoms with van der Waals surface area (Å²) in [5, 5.41) is 2.81. The molecule has 160 valence electrons. The minimum absolute atomic E-state index is 0.0225. The number of Topliss-reactive ketones (excluding diaryl/α,β-unsaturated/α-hetero) is 1. The topological polar surface area (TPSA) is 92.8 Å². The smallest absolute Gasteiger partial charge is 0.326 e. The number of ether oxygens (including phenoxy) is 1. The van der Waals surface area contributed by atoms with Gasteiger partial charge in [0, 0.05) is 5.56 Å². The molecule has 7 heteroatoms. The first kappa shape index (κ1) is 20.6. The van der Waals surface area contributed by atoms with Crippen molar-refractivity contribution in [2.75, 3.05) is 13.2 Å². The molecule has 1 aromatic rings. The molecule has 0 radical (unpaired) electrons. The number of aryl methyl sites for hydroxylation is 2. The summed E-state index contributed by atoms with van der Waals surface area (Å²) in [5.41, 5.74) is 2.08. The van der Waals surface area contributed by atoms with Crippen LogP contribution in [0.2, 0.25) is 0 Å². The van der Waals surface area contributed by atoms with Gasteiger partial charge in [-0.05, 0) is 61.6 Å². The number of benzene rings is 1. The van der Waals surface area contributed by atoms with Crippen LogP contribution >= 0.6 is 0 Å². The summed E-state index contributed by atoms with van der Waals surface area (Å²) in [6, 6.07) is 5.07. The van der Waals surface area contributed by atoms with Gasteiger partial charge in [-0.25, -0.2) is 4.79 Å². The van der Waals surface area contributed by atoms with Crippen LogP contribution in [0, 0.1) is 5.92 Å². The molecule has 1 spiro atoms. The standard InChI is InChI=1S/C23H28N2O5/c1-15-6-4-5-11-23(15)21(28)25(22(29)24-23)13-20(27)30-14-19(26)18-10-9-16-7-2-3-8-17(16)12-18/h9-10,12,15H,2-8,11,13-14H2,1H3,(H,24,29)/t15-,23-/m1/s1. The molecule has 0 unspecified atom stereocenters. The second-order valence-corrected chi connectivity index (χ2v) is 8.71. The van der Waals surface area contributed by atoms with Crippen LogP contribution in [-0.4, -0.2) is 47.3 Å². The molecule has 1 N–H and O–H groups in total. The van der Waals surface area contributed by atoms with E-state index in [-0.39, 0.29) is 17.6 Å². The molecule has 7 nitrogen and oxygen atoms in total. The molecule has 1 heterocycles. The average Bonchev–Trinajstić information content (AvgIpc) is 2.98. The third kappa shape index (κ3) is 3.73. The number of carbonyl (C=O) groups excluding carboxylic acids is 4. The van der Waals surface area contributed by atoms with E-state index in [2.05, 4.69) is 5.32 Å². The van der Waals surface area contributed by atoms with E-state index >= 15 is 0 Å². The maximum absolute atomic E-state index is 12.9. The number of hydrogen-bond acceptors (Lipinski definition) is 5. The van der Waals surface area contributed by atoms with Crippen LogP contribution < -0.4 is 5.32 Å². The number of hydrogen-bond donors (Lipinski definition) is 1. The highest BCUT2D eigenvalue weighted by Gasteiger charge is 2.55. The zero-order valence-electron chi connectivity index (χ0n) is 17.4. The molecule has 1 aromatic carbocycles. The maximum atomic E-state index is 12.9. The Labute approximate surface area is 176 Å². The molecule has 2 fully saturated rings. The van der Waals surface area contributed by atoms with E-state index < -0.39 is 30.7 Å². The number of urea groups is 1. The normalized spacial score (nSPS) is 25.8. The Morgan fingerprint density at radius 3 is 2.67 bits per heavy atom. The van der Waals surface area contributed by atoms with Crippen LogP contribution in [0.3, 0.4) is 0 Å². The van der Waals surface area contributed by atoms with Crippen molar-refractivity contribution in [3.8, 4) is 0 Å². The summed E-state index contributed by atoms with van der Waals surface area (Å²) in [7, 11) is 0. The van der Waals surface area contributed by atoms with E-state index in [0.717, 1.165) is 43.4 Å². The molecular formula is C23H28N2O5. The van der Waals surface area contributed by atoms with Crippen molar-refractivity contribution >= 4 is 23.7 Å². The highest BCUT2D eigenvalue weighted by atomic mass is 16.5. The summed E-state index contributed by atoms with van der Waals surface area (Å²) in [6.45, 7) is 1.08. The third-order valence-corrected chi connectivity index (χ3v) is 6.82. The first-order valence-corrected chi connectivity index (χ1v) is 10.9. The molecule has 2 aliphatic carbocycles. The predicted molar refractivity (Wildman–Crippen MR) is 109 cm³/mol. The number of amides is 3. The van der Waals surface area contributed by atoms with Gasteiger partial charge in [-0.3, -0.25) is 19.3 Å². The molecule has 0 aromatic heterocycles. The molecule has 4 rings (SSSR count). The van der Waals surface area contributed by atoms with E-state index in [1.807, 2.05) is 19.1 Å². The van der Waals surface area contributed by atoms with Gasteiger partial charge >= 0.3 is 12.0 Å². The molecule has 1 aliphatic heterocycles. The average molecular weight is 412 g/mol. The fourth-order valence-electron chi connectivity index (χ4n) is 4.95. The highest BCUT2D eigenvalue weighted by Crippen LogP contribution is 2.38. The van der Waals surface area contributed by atoms with E-state index in [0.29, 0.717) is 12.0 Å². The number of carbonyl (C=O) groups is 4. The molecule has 30 heavy (non-hydrogen) atoms. The van der Waals surface area contributed by atoms with Crippen LogP contribution in [0.15, 0.2) is 18.2 Å². The Bertz CT molecular complexity index is 896. The van der Waals surface area contributed by atoms with Crippen molar-refractivity contribution in [1.82, 2.24) is 10.2 Å². The minimum Gasteiger partial charge on any atom is -0.456 e. The summed E-state index contributed by atoms with van der Waals surface area (Å²) in [5.74, 6) is -1.39. The molecule has 1 saturated carbocycles. The Kier molecular flexibility index (Phi) is 5.62. The molecule has 2 atom stereocenters. The van der Waals surface area contributed by atoms with E-state index in [4.69, 9.17) is 4.74 Å². The zero-order chi connectivity index (χ0) is 21.3. The van der Waals surface area contributed by atoms with Gasteiger partial charge in [-0.1, -0.05) is 31.9 Å². The fourth-order valence-corrected chi connectivity index (χ4v) is 4.95. The van der Waals surface area contributed by atoms with Crippen molar-refractivity contribution < 1.29 is 23.9 Å². The van der Waals surface area contributed by atoms with Gasteiger partial charge in [0.15, 0.2) is 12.4 Å². The number of nitrogens with zero attached hydrogens (tertiary/aromatic N) is 1. The van der Waals surface area contributed by atoms with Crippen LogP contribution in [0.5, 0.6) is 0 Å². The van der Waals surface area contributed by atoms with Crippen molar-refractivity contribution in [2.24, 2.45) is 5.92 Å². The summed E-state index contributed by atoms with van der Waals surface area (Å²) >= 11 is 0. The van der Waals surface area contributed by atoms with Gasteiger partial charge in [-0.2, -0.15) is 0 Å². The van der Waals surface area contributed by atoms with Gasteiger partial charge in [0.05, 0.1) is 0 Å². The summed E-state index contributed by atoms with van der Waals surface area (Å²) in [6.07, 6.45) is 7.61. The monoisotopic (exact) mass is 412 g/mol. The summed E-state index contributed by atoms with van der Waals surface area (Å²) < 4.78 is 5.10. The number of esters is 1. The maximum Gasteiger partial charge on any atom is 0.326 e.